The molecule has 0 saturated carbocycles. The van der Waals surface area contributed by atoms with Gasteiger partial charge in [0, 0.05) is 11.9 Å². The first-order valence-electron chi connectivity index (χ1n) is 6.63. The molecule has 1 amide bonds. The summed E-state index contributed by atoms with van der Waals surface area (Å²) >= 11 is 1.49. The Morgan fingerprint density at radius 3 is 2.81 bits per heavy atom. The van der Waals surface area contributed by atoms with Crippen LogP contribution in [0.15, 0.2) is 18.3 Å². The molecule has 1 saturated heterocycles. The number of carbonyl (C=O) groups is 2. The normalized spacial score (nSPS) is 21.6. The number of pyridine rings is 1. The van der Waals surface area contributed by atoms with Crippen LogP contribution in [-0.2, 0) is 4.79 Å². The third-order valence-electron chi connectivity index (χ3n) is 3.32. The van der Waals surface area contributed by atoms with E-state index >= 15 is 0 Å². The predicted molar refractivity (Wildman–Crippen MR) is 79.5 cm³/mol. The molecule has 6 nitrogen and oxygen atoms in total. The van der Waals surface area contributed by atoms with Gasteiger partial charge in [-0.2, -0.15) is 0 Å². The number of rotatable bonds is 4. The number of methoxy groups -OCH3 is 1. The predicted octanol–water partition coefficient (Wildman–Crippen LogP) is 1.71. The summed E-state index contributed by atoms with van der Waals surface area (Å²) in [5, 5.41) is 9.19. The summed E-state index contributed by atoms with van der Waals surface area (Å²) in [5.41, 5.74) is 0.291. The van der Waals surface area contributed by atoms with E-state index in [-0.39, 0.29) is 23.1 Å². The number of nitrogens with zero attached hydrogens (tertiary/aromatic N) is 2. The summed E-state index contributed by atoms with van der Waals surface area (Å²) in [5.74, 6) is -0.568. The molecule has 2 heterocycles. The lowest BCUT2D eigenvalue weighted by Gasteiger charge is -2.30. The molecule has 1 aromatic heterocycles. The molecule has 0 spiro atoms. The summed E-state index contributed by atoms with van der Waals surface area (Å²) < 4.78 is 5.10. The van der Waals surface area contributed by atoms with Crippen LogP contribution in [0.3, 0.4) is 0 Å². The van der Waals surface area contributed by atoms with Gasteiger partial charge in [0.2, 0.25) is 5.88 Å². The van der Waals surface area contributed by atoms with E-state index in [0.29, 0.717) is 11.3 Å². The number of hydrogen-bond donors (Lipinski definition) is 1. The molecule has 1 fully saturated rings. The topological polar surface area (TPSA) is 79.7 Å². The van der Waals surface area contributed by atoms with Gasteiger partial charge in [0.25, 0.3) is 5.91 Å². The molecule has 0 aliphatic carbocycles. The van der Waals surface area contributed by atoms with Crippen LogP contribution < -0.4 is 4.74 Å². The zero-order valence-corrected chi connectivity index (χ0v) is 13.0. The van der Waals surface area contributed by atoms with Gasteiger partial charge in [-0.05, 0) is 18.1 Å². The Bertz CT molecular complexity index is 550. The Balaban J connectivity index is 2.39. The van der Waals surface area contributed by atoms with Crippen molar-refractivity contribution in [3.05, 3.63) is 23.9 Å². The van der Waals surface area contributed by atoms with E-state index in [9.17, 15) is 14.7 Å². The molecule has 1 aliphatic rings. The third-order valence-corrected chi connectivity index (χ3v) is 4.94. The first kappa shape index (κ1) is 15.6. The molecule has 1 aromatic rings. The molecule has 0 radical (unpaired) electrons. The van der Waals surface area contributed by atoms with E-state index in [1.807, 2.05) is 13.8 Å². The first-order chi connectivity index (χ1) is 9.97. The van der Waals surface area contributed by atoms with Gasteiger partial charge < -0.3 is 14.7 Å². The number of aliphatic carboxylic acids is 1. The van der Waals surface area contributed by atoms with Crippen molar-refractivity contribution >= 4 is 23.6 Å². The summed E-state index contributed by atoms with van der Waals surface area (Å²) in [6, 6.07) is 2.42. The van der Waals surface area contributed by atoms with E-state index in [2.05, 4.69) is 4.98 Å². The van der Waals surface area contributed by atoms with Gasteiger partial charge in [0.1, 0.15) is 11.6 Å². The average Bonchev–Trinajstić information content (AvgIpc) is 2.91. The van der Waals surface area contributed by atoms with Crippen molar-refractivity contribution in [1.29, 1.82) is 0 Å². The van der Waals surface area contributed by atoms with E-state index in [1.165, 1.54) is 30.0 Å². The van der Waals surface area contributed by atoms with Crippen LogP contribution in [0, 0.1) is 5.92 Å². The van der Waals surface area contributed by atoms with E-state index < -0.39 is 12.0 Å². The van der Waals surface area contributed by atoms with Crippen LogP contribution in [0.25, 0.3) is 0 Å². The number of aromatic nitrogens is 1. The Morgan fingerprint density at radius 1 is 1.52 bits per heavy atom. The zero-order valence-electron chi connectivity index (χ0n) is 12.1. The van der Waals surface area contributed by atoms with Crippen LogP contribution in [0.4, 0.5) is 0 Å². The van der Waals surface area contributed by atoms with Crippen LogP contribution in [0.1, 0.15) is 24.2 Å². The maximum Gasteiger partial charge on any atom is 0.327 e. The highest BCUT2D eigenvalue weighted by Crippen LogP contribution is 2.36. The lowest BCUT2D eigenvalue weighted by Crippen LogP contribution is -2.47. The van der Waals surface area contributed by atoms with Crippen LogP contribution >= 0.6 is 11.8 Å². The van der Waals surface area contributed by atoms with Crippen LogP contribution in [0.5, 0.6) is 5.88 Å². The molecule has 0 bridgehead atoms. The standard InChI is InChI=1S/C14H18N2O4S/c1-8(2)13-16(10(7-21-13)14(18)19)12(17)9-5-4-6-15-11(9)20-3/h4-6,8,10,13H,7H2,1-3H3,(H,18,19). The number of ether oxygens (including phenoxy) is 1. The van der Waals surface area contributed by atoms with E-state index in [1.54, 1.807) is 12.1 Å². The van der Waals surface area contributed by atoms with Gasteiger partial charge in [-0.3, -0.25) is 4.79 Å². The largest absolute Gasteiger partial charge is 0.480 e. The number of amides is 1. The Kier molecular flexibility index (Phi) is 4.72. The van der Waals surface area contributed by atoms with Crippen molar-refractivity contribution in [2.75, 3.05) is 12.9 Å². The lowest BCUT2D eigenvalue weighted by atomic mass is 10.1. The highest BCUT2D eigenvalue weighted by atomic mass is 32.2. The summed E-state index contributed by atoms with van der Waals surface area (Å²) in [6.45, 7) is 3.95. The van der Waals surface area contributed by atoms with Crippen molar-refractivity contribution in [2.45, 2.75) is 25.3 Å². The number of carboxylic acids is 1. The molecular weight excluding hydrogens is 292 g/mol. The summed E-state index contributed by atoms with van der Waals surface area (Å²) in [7, 11) is 1.44. The minimum atomic E-state index is -0.984. The number of hydrogen-bond acceptors (Lipinski definition) is 5. The zero-order chi connectivity index (χ0) is 15.6. The molecule has 2 atom stereocenters. The van der Waals surface area contributed by atoms with E-state index in [4.69, 9.17) is 4.74 Å². The fourth-order valence-electron chi connectivity index (χ4n) is 2.34. The highest BCUT2D eigenvalue weighted by molar-refractivity contribution is 8.00. The molecule has 1 aliphatic heterocycles. The molecular formula is C14H18N2O4S. The molecule has 114 valence electrons. The fraction of sp³-hybridized carbons (Fsp3) is 0.500. The number of carboxylic acid groups (broad SMARTS) is 1. The quantitative estimate of drug-likeness (QED) is 0.912. The maximum atomic E-state index is 12.8. The summed E-state index contributed by atoms with van der Waals surface area (Å²) in [4.78, 5) is 29.6. The van der Waals surface area contributed by atoms with Crippen LogP contribution in [-0.4, -0.2) is 51.1 Å². The van der Waals surface area contributed by atoms with Crippen LogP contribution in [0.2, 0.25) is 0 Å². The highest BCUT2D eigenvalue weighted by Gasteiger charge is 2.43. The molecule has 2 rings (SSSR count). The Hall–Kier alpha value is -1.76. The molecule has 2 unspecified atom stereocenters. The average molecular weight is 310 g/mol. The second-order valence-electron chi connectivity index (χ2n) is 5.09. The van der Waals surface area contributed by atoms with Gasteiger partial charge in [-0.25, -0.2) is 9.78 Å². The number of thioether (sulfide) groups is 1. The fourth-order valence-corrected chi connectivity index (χ4v) is 3.81. The van der Waals surface area contributed by atoms with Crippen molar-refractivity contribution in [3.63, 3.8) is 0 Å². The van der Waals surface area contributed by atoms with Gasteiger partial charge in [-0.1, -0.05) is 13.8 Å². The molecule has 1 N–H and O–H groups in total. The Labute approximate surface area is 127 Å². The van der Waals surface area contributed by atoms with Gasteiger partial charge in [0.05, 0.1) is 12.5 Å². The smallest absolute Gasteiger partial charge is 0.327 e. The van der Waals surface area contributed by atoms with Gasteiger partial charge in [-0.15, -0.1) is 11.8 Å². The lowest BCUT2D eigenvalue weighted by molar-refractivity contribution is -0.141. The van der Waals surface area contributed by atoms with Gasteiger partial charge >= 0.3 is 5.97 Å². The molecule has 21 heavy (non-hydrogen) atoms. The second kappa shape index (κ2) is 6.34. The van der Waals surface area contributed by atoms with Gasteiger partial charge in [0.15, 0.2) is 0 Å². The third kappa shape index (κ3) is 2.97. The van der Waals surface area contributed by atoms with Crippen molar-refractivity contribution in [1.82, 2.24) is 9.88 Å². The van der Waals surface area contributed by atoms with E-state index in [0.717, 1.165) is 0 Å². The minimum Gasteiger partial charge on any atom is -0.480 e. The van der Waals surface area contributed by atoms with Crippen molar-refractivity contribution in [3.8, 4) is 5.88 Å². The van der Waals surface area contributed by atoms with Crippen molar-refractivity contribution < 1.29 is 19.4 Å². The molecule has 0 aromatic carbocycles. The Morgan fingerprint density at radius 2 is 2.24 bits per heavy atom. The first-order valence-corrected chi connectivity index (χ1v) is 7.68. The summed E-state index contributed by atoms with van der Waals surface area (Å²) in [6.07, 6.45) is 1.53. The maximum absolute atomic E-state index is 12.8. The SMILES string of the molecule is COc1ncccc1C(=O)N1C(C(=O)O)CSC1C(C)C. The minimum absolute atomic E-state index is 0.158. The van der Waals surface area contributed by atoms with Crippen molar-refractivity contribution in [2.24, 2.45) is 5.92 Å². The monoisotopic (exact) mass is 310 g/mol. The second-order valence-corrected chi connectivity index (χ2v) is 6.24. The molecule has 7 heteroatoms. The number of carbonyl (C=O) groups excluding carboxylic acids is 1.